The fourth-order valence-corrected chi connectivity index (χ4v) is 3.99. The van der Waals surface area contributed by atoms with Gasteiger partial charge in [0.25, 0.3) is 0 Å². The zero-order valence-corrected chi connectivity index (χ0v) is 18.6. The number of ketones is 1. The number of carbonyl (C=O) groups is 3. The van der Waals surface area contributed by atoms with Crippen LogP contribution in [0.1, 0.15) is 38.2 Å². The first-order valence-corrected chi connectivity index (χ1v) is 11.3. The van der Waals surface area contributed by atoms with Crippen molar-refractivity contribution < 1.29 is 14.4 Å². The standard InChI is InChI=1S/C25H32N4O3/c1-18(25(26)32)10-11-24(31)29(22-9-5-13-27-17-23(22)30)15-12-19-6-4-7-20(16-19)21-8-2-3-14-28-21/h2-4,6-8,14,16,18,22,27H,5,9-13,15,17H2,1H3,(H2,26,32)/t18?,22-/m0/s1. The van der Waals surface area contributed by atoms with Crippen molar-refractivity contribution in [3.8, 4) is 11.3 Å². The smallest absolute Gasteiger partial charge is 0.223 e. The Kier molecular flexibility index (Phi) is 8.50. The predicted molar refractivity (Wildman–Crippen MR) is 124 cm³/mol. The van der Waals surface area contributed by atoms with Crippen LogP contribution in [0, 0.1) is 5.92 Å². The quantitative estimate of drug-likeness (QED) is 0.628. The molecule has 1 fully saturated rings. The zero-order chi connectivity index (χ0) is 22.9. The third-order valence-electron chi connectivity index (χ3n) is 6.00. The lowest BCUT2D eigenvalue weighted by Gasteiger charge is -2.30. The van der Waals surface area contributed by atoms with Gasteiger partial charge >= 0.3 is 0 Å². The van der Waals surface area contributed by atoms with E-state index in [2.05, 4.69) is 16.4 Å². The van der Waals surface area contributed by atoms with Crippen molar-refractivity contribution in [2.45, 2.75) is 45.1 Å². The second-order valence-corrected chi connectivity index (χ2v) is 8.40. The van der Waals surface area contributed by atoms with Crippen molar-refractivity contribution in [1.82, 2.24) is 15.2 Å². The highest BCUT2D eigenvalue weighted by Crippen LogP contribution is 2.20. The van der Waals surface area contributed by atoms with Crippen LogP contribution in [-0.4, -0.2) is 53.2 Å². The Bertz CT molecular complexity index is 932. The van der Waals surface area contributed by atoms with Crippen molar-refractivity contribution in [3.63, 3.8) is 0 Å². The summed E-state index contributed by atoms with van der Waals surface area (Å²) in [5, 5.41) is 3.13. The predicted octanol–water partition coefficient (Wildman–Crippen LogP) is 2.34. The molecule has 2 aromatic rings. The number of amides is 2. The third-order valence-corrected chi connectivity index (χ3v) is 6.00. The van der Waals surface area contributed by atoms with Crippen molar-refractivity contribution in [1.29, 1.82) is 0 Å². The van der Waals surface area contributed by atoms with Gasteiger partial charge in [-0.3, -0.25) is 19.4 Å². The number of nitrogens with two attached hydrogens (primary N) is 1. The first-order valence-electron chi connectivity index (χ1n) is 11.3. The van der Waals surface area contributed by atoms with Gasteiger partial charge in [0.2, 0.25) is 11.8 Å². The average molecular weight is 437 g/mol. The van der Waals surface area contributed by atoms with Gasteiger partial charge in [0.1, 0.15) is 0 Å². The lowest BCUT2D eigenvalue weighted by molar-refractivity contribution is -0.139. The molecule has 1 aliphatic heterocycles. The molecular weight excluding hydrogens is 404 g/mol. The third kappa shape index (κ3) is 6.47. The number of Topliss-reactive ketones (excluding diaryl/α,β-unsaturated/α-hetero) is 1. The van der Waals surface area contributed by atoms with Crippen molar-refractivity contribution in [2.75, 3.05) is 19.6 Å². The largest absolute Gasteiger partial charge is 0.369 e. The highest BCUT2D eigenvalue weighted by molar-refractivity contribution is 5.90. The monoisotopic (exact) mass is 436 g/mol. The Hall–Kier alpha value is -3.06. The van der Waals surface area contributed by atoms with Crippen LogP contribution < -0.4 is 11.1 Å². The number of pyridine rings is 1. The summed E-state index contributed by atoms with van der Waals surface area (Å²) in [6, 6.07) is 13.5. The minimum Gasteiger partial charge on any atom is -0.369 e. The van der Waals surface area contributed by atoms with Crippen LogP contribution in [-0.2, 0) is 20.8 Å². The van der Waals surface area contributed by atoms with Crippen LogP contribution >= 0.6 is 0 Å². The van der Waals surface area contributed by atoms with Crippen LogP contribution in [0.15, 0.2) is 48.7 Å². The second kappa shape index (κ2) is 11.5. The maximum absolute atomic E-state index is 13.1. The van der Waals surface area contributed by atoms with E-state index in [-0.39, 0.29) is 30.6 Å². The first-order chi connectivity index (χ1) is 15.5. The molecule has 2 atom stereocenters. The first kappa shape index (κ1) is 23.6. The molecule has 0 saturated carbocycles. The van der Waals surface area contributed by atoms with Crippen LogP contribution in [0.4, 0.5) is 0 Å². The normalized spacial score (nSPS) is 17.4. The number of rotatable bonds is 9. The second-order valence-electron chi connectivity index (χ2n) is 8.40. The minimum atomic E-state index is -0.430. The fraction of sp³-hybridized carbons (Fsp3) is 0.440. The Morgan fingerprint density at radius 3 is 2.84 bits per heavy atom. The van der Waals surface area contributed by atoms with E-state index < -0.39 is 11.9 Å². The molecule has 1 unspecified atom stereocenters. The van der Waals surface area contributed by atoms with Gasteiger partial charge in [0.15, 0.2) is 5.78 Å². The maximum atomic E-state index is 13.1. The molecule has 2 heterocycles. The van der Waals surface area contributed by atoms with Crippen LogP contribution in [0.2, 0.25) is 0 Å². The maximum Gasteiger partial charge on any atom is 0.223 e. The number of nitrogens with zero attached hydrogens (tertiary/aromatic N) is 2. The lowest BCUT2D eigenvalue weighted by Crippen LogP contribution is -2.47. The highest BCUT2D eigenvalue weighted by Gasteiger charge is 2.30. The van der Waals surface area contributed by atoms with Crippen LogP contribution in [0.25, 0.3) is 11.3 Å². The van der Waals surface area contributed by atoms with Gasteiger partial charge in [-0.1, -0.05) is 31.2 Å². The Morgan fingerprint density at radius 2 is 2.09 bits per heavy atom. The summed E-state index contributed by atoms with van der Waals surface area (Å²) < 4.78 is 0. The number of hydrogen-bond acceptors (Lipinski definition) is 5. The summed E-state index contributed by atoms with van der Waals surface area (Å²) >= 11 is 0. The zero-order valence-electron chi connectivity index (χ0n) is 18.6. The van der Waals surface area contributed by atoms with Gasteiger partial charge in [0, 0.05) is 30.6 Å². The van der Waals surface area contributed by atoms with E-state index in [0.717, 1.165) is 29.8 Å². The molecule has 0 spiro atoms. The summed E-state index contributed by atoms with van der Waals surface area (Å²) in [5.41, 5.74) is 8.34. The van der Waals surface area contributed by atoms with Crippen LogP contribution in [0.3, 0.4) is 0 Å². The van der Waals surface area contributed by atoms with E-state index in [9.17, 15) is 14.4 Å². The Labute approximate surface area is 189 Å². The molecule has 0 aliphatic carbocycles. The summed E-state index contributed by atoms with van der Waals surface area (Å²) in [7, 11) is 0. The number of benzene rings is 1. The van der Waals surface area contributed by atoms with Gasteiger partial charge in [-0.15, -0.1) is 0 Å². The van der Waals surface area contributed by atoms with E-state index in [1.54, 1.807) is 18.0 Å². The highest BCUT2D eigenvalue weighted by atomic mass is 16.2. The Morgan fingerprint density at radius 1 is 1.25 bits per heavy atom. The number of primary amides is 1. The van der Waals surface area contributed by atoms with Gasteiger partial charge < -0.3 is 16.0 Å². The van der Waals surface area contributed by atoms with Crippen molar-refractivity contribution in [3.05, 3.63) is 54.2 Å². The van der Waals surface area contributed by atoms with Gasteiger partial charge in [-0.05, 0) is 56.0 Å². The van der Waals surface area contributed by atoms with Gasteiger partial charge in [-0.2, -0.15) is 0 Å². The number of aromatic nitrogens is 1. The topological polar surface area (TPSA) is 105 Å². The molecule has 170 valence electrons. The molecule has 1 aromatic heterocycles. The van der Waals surface area contributed by atoms with Gasteiger partial charge in [-0.25, -0.2) is 0 Å². The SMILES string of the molecule is CC(CCC(=O)N(CCc1cccc(-c2ccccn2)c1)[C@H]1CCCNCC1=O)C(N)=O. The van der Waals surface area contributed by atoms with Crippen molar-refractivity contribution >= 4 is 17.6 Å². The molecule has 1 aliphatic rings. The molecule has 3 rings (SSSR count). The van der Waals surface area contributed by atoms with Gasteiger partial charge in [0.05, 0.1) is 18.3 Å². The fourth-order valence-electron chi connectivity index (χ4n) is 3.99. The molecule has 0 radical (unpaired) electrons. The summed E-state index contributed by atoms with van der Waals surface area (Å²) in [4.78, 5) is 43.3. The molecule has 7 heteroatoms. The van der Waals surface area contributed by atoms with E-state index in [1.165, 1.54) is 0 Å². The molecule has 1 aromatic carbocycles. The molecular formula is C25H32N4O3. The molecule has 2 amide bonds. The average Bonchev–Trinajstić information content (AvgIpc) is 3.02. The van der Waals surface area contributed by atoms with E-state index in [1.807, 2.05) is 36.4 Å². The van der Waals surface area contributed by atoms with E-state index >= 15 is 0 Å². The summed E-state index contributed by atoms with van der Waals surface area (Å²) in [5.74, 6) is -0.840. The molecule has 1 saturated heterocycles. The number of nitrogens with one attached hydrogen (secondary N) is 1. The number of carbonyl (C=O) groups excluding carboxylic acids is 3. The Balaban J connectivity index is 1.74. The number of hydrogen-bond donors (Lipinski definition) is 2. The summed E-state index contributed by atoms with van der Waals surface area (Å²) in [6.07, 6.45) is 4.48. The van der Waals surface area contributed by atoms with Crippen molar-refractivity contribution in [2.24, 2.45) is 11.7 Å². The molecule has 3 N–H and O–H groups in total. The molecule has 32 heavy (non-hydrogen) atoms. The molecule has 0 bridgehead atoms. The summed E-state index contributed by atoms with van der Waals surface area (Å²) in [6.45, 7) is 3.23. The molecule has 7 nitrogen and oxygen atoms in total. The lowest BCUT2D eigenvalue weighted by atomic mass is 10.0. The van der Waals surface area contributed by atoms with E-state index in [0.29, 0.717) is 25.8 Å². The van der Waals surface area contributed by atoms with Crippen LogP contribution in [0.5, 0.6) is 0 Å². The van der Waals surface area contributed by atoms with E-state index in [4.69, 9.17) is 5.73 Å². The minimum absolute atomic E-state index is 0.0426.